The van der Waals surface area contributed by atoms with E-state index in [1.165, 1.54) is 16.7 Å². The number of rotatable bonds is 8. The van der Waals surface area contributed by atoms with Gasteiger partial charge >= 0.3 is 0 Å². The first-order chi connectivity index (χ1) is 12.1. The first-order valence-corrected chi connectivity index (χ1v) is 10.2. The molecule has 0 radical (unpaired) electrons. The minimum Gasteiger partial charge on any atom is -0.351 e. The van der Waals surface area contributed by atoms with Crippen LogP contribution < -0.4 is 10.2 Å². The fourth-order valence-electron chi connectivity index (χ4n) is 2.71. The molecule has 0 spiro atoms. The summed E-state index contributed by atoms with van der Waals surface area (Å²) in [5.41, 5.74) is 0. The van der Waals surface area contributed by atoms with Gasteiger partial charge in [0.2, 0.25) is 5.91 Å². The molecule has 1 fully saturated rings. The monoisotopic (exact) mass is 384 g/mol. The third-order valence-corrected chi connectivity index (χ3v) is 5.51. The molecule has 1 heterocycles. The van der Waals surface area contributed by atoms with Crippen molar-refractivity contribution >= 4 is 35.2 Å². The van der Waals surface area contributed by atoms with Gasteiger partial charge in [-0.3, -0.25) is 9.59 Å². The van der Waals surface area contributed by atoms with Gasteiger partial charge in [-0.15, -0.1) is 11.8 Å². The summed E-state index contributed by atoms with van der Waals surface area (Å²) in [5.74, 6) is 0.710. The summed E-state index contributed by atoms with van der Waals surface area (Å²) in [7, 11) is 0. The van der Waals surface area contributed by atoms with Crippen LogP contribution in [-0.2, 0) is 9.59 Å². The van der Waals surface area contributed by atoms with Crippen LogP contribution in [0, 0.1) is 0 Å². The van der Waals surface area contributed by atoms with E-state index in [9.17, 15) is 9.59 Å². The Labute approximate surface area is 159 Å². The number of halogens is 1. The molecule has 0 bridgehead atoms. The lowest BCUT2D eigenvalue weighted by Gasteiger charge is -2.31. The molecule has 0 unspecified atom stereocenters. The Morgan fingerprint density at radius 3 is 2.56 bits per heavy atom. The molecule has 1 aromatic rings. The van der Waals surface area contributed by atoms with Gasteiger partial charge in [0, 0.05) is 16.5 Å². The Kier molecular flexibility index (Phi) is 8.58. The van der Waals surface area contributed by atoms with Gasteiger partial charge in [0.05, 0.1) is 31.9 Å². The highest BCUT2D eigenvalue weighted by atomic mass is 35.5. The van der Waals surface area contributed by atoms with Crippen molar-refractivity contribution in [2.45, 2.75) is 24.7 Å². The van der Waals surface area contributed by atoms with Crippen LogP contribution in [-0.4, -0.2) is 61.7 Å². The molecule has 1 aromatic carbocycles. The van der Waals surface area contributed by atoms with Crippen molar-refractivity contribution in [1.29, 1.82) is 0 Å². The molecule has 5 nitrogen and oxygen atoms in total. The lowest BCUT2D eigenvalue weighted by molar-refractivity contribution is -0.896. The Morgan fingerprint density at radius 2 is 1.92 bits per heavy atom. The van der Waals surface area contributed by atoms with Crippen LogP contribution in [0.15, 0.2) is 29.2 Å². The average Bonchev–Trinajstić information content (AvgIpc) is 2.62. The summed E-state index contributed by atoms with van der Waals surface area (Å²) in [5, 5.41) is 3.66. The SMILES string of the molecule is CCCCNC(=O)C[NH+]1CCN(C(=O)CSc2ccc(Cl)cc2)CC1. The van der Waals surface area contributed by atoms with Crippen LogP contribution in [0.1, 0.15) is 19.8 Å². The van der Waals surface area contributed by atoms with E-state index < -0.39 is 0 Å². The maximum Gasteiger partial charge on any atom is 0.275 e. The number of hydrogen-bond donors (Lipinski definition) is 2. The lowest BCUT2D eigenvalue weighted by atomic mass is 10.3. The molecule has 2 rings (SSSR count). The van der Waals surface area contributed by atoms with Gasteiger partial charge in [-0.2, -0.15) is 0 Å². The number of quaternary nitrogens is 1. The van der Waals surface area contributed by atoms with Crippen molar-refractivity contribution in [2.75, 3.05) is 45.0 Å². The molecule has 2 amide bonds. The molecule has 0 aromatic heterocycles. The van der Waals surface area contributed by atoms with Crippen LogP contribution in [0.5, 0.6) is 0 Å². The fraction of sp³-hybridized carbons (Fsp3) is 0.556. The summed E-state index contributed by atoms with van der Waals surface area (Å²) in [4.78, 5) is 28.4. The highest BCUT2D eigenvalue weighted by Crippen LogP contribution is 2.20. The Balaban J connectivity index is 1.66. The number of carbonyl (C=O) groups excluding carboxylic acids is 2. The van der Waals surface area contributed by atoms with Gasteiger partial charge in [-0.1, -0.05) is 24.9 Å². The zero-order valence-corrected chi connectivity index (χ0v) is 16.3. The zero-order chi connectivity index (χ0) is 18.1. The van der Waals surface area contributed by atoms with Crippen LogP contribution in [0.25, 0.3) is 0 Å². The number of unbranched alkanes of at least 4 members (excludes halogenated alkanes) is 1. The molecule has 1 aliphatic rings. The number of benzene rings is 1. The number of thioether (sulfide) groups is 1. The number of nitrogens with one attached hydrogen (secondary N) is 2. The van der Waals surface area contributed by atoms with Crippen LogP contribution in [0.4, 0.5) is 0 Å². The van der Waals surface area contributed by atoms with E-state index in [2.05, 4.69) is 12.2 Å². The van der Waals surface area contributed by atoms with Crippen LogP contribution in [0.3, 0.4) is 0 Å². The predicted octanol–water partition coefficient (Wildman–Crippen LogP) is 1.08. The van der Waals surface area contributed by atoms with Crippen molar-refractivity contribution in [3.05, 3.63) is 29.3 Å². The minimum absolute atomic E-state index is 0.113. The third-order valence-electron chi connectivity index (χ3n) is 4.26. The standard InChI is InChI=1S/C18H26ClN3O2S/c1-2-3-8-20-17(23)13-21-9-11-22(12-10-21)18(24)14-25-16-6-4-15(19)5-7-16/h4-7H,2-3,8-14H2,1H3,(H,20,23)/p+1. The molecule has 25 heavy (non-hydrogen) atoms. The summed E-state index contributed by atoms with van der Waals surface area (Å²) < 4.78 is 0. The Morgan fingerprint density at radius 1 is 1.24 bits per heavy atom. The maximum absolute atomic E-state index is 12.3. The molecular weight excluding hydrogens is 358 g/mol. The molecule has 7 heteroatoms. The first-order valence-electron chi connectivity index (χ1n) is 8.85. The summed E-state index contributed by atoms with van der Waals surface area (Å²) in [6.07, 6.45) is 2.11. The van der Waals surface area contributed by atoms with E-state index in [1.54, 1.807) is 0 Å². The van der Waals surface area contributed by atoms with E-state index in [0.29, 0.717) is 17.3 Å². The van der Waals surface area contributed by atoms with Gasteiger partial charge in [-0.05, 0) is 30.7 Å². The van der Waals surface area contributed by atoms with Crippen molar-refractivity contribution in [2.24, 2.45) is 0 Å². The predicted molar refractivity (Wildman–Crippen MR) is 102 cm³/mol. The minimum atomic E-state index is 0.113. The van der Waals surface area contributed by atoms with E-state index >= 15 is 0 Å². The van der Waals surface area contributed by atoms with Crippen molar-refractivity contribution < 1.29 is 14.5 Å². The molecule has 138 valence electrons. The Bertz CT molecular complexity index is 560. The van der Waals surface area contributed by atoms with Crippen molar-refractivity contribution in [3.8, 4) is 0 Å². The summed E-state index contributed by atoms with van der Waals surface area (Å²) >= 11 is 7.40. The van der Waals surface area contributed by atoms with Gasteiger partial charge < -0.3 is 15.1 Å². The lowest BCUT2D eigenvalue weighted by Crippen LogP contribution is -3.15. The second-order valence-electron chi connectivity index (χ2n) is 6.25. The number of carbonyl (C=O) groups is 2. The largest absolute Gasteiger partial charge is 0.351 e. The van der Waals surface area contributed by atoms with Gasteiger partial charge in [-0.25, -0.2) is 0 Å². The van der Waals surface area contributed by atoms with Gasteiger partial charge in [0.15, 0.2) is 6.54 Å². The maximum atomic E-state index is 12.3. The Hall–Kier alpha value is -1.24. The van der Waals surface area contributed by atoms with E-state index in [0.717, 1.165) is 50.5 Å². The molecule has 1 saturated heterocycles. The topological polar surface area (TPSA) is 53.9 Å². The summed E-state index contributed by atoms with van der Waals surface area (Å²) in [6, 6.07) is 7.53. The second-order valence-corrected chi connectivity index (χ2v) is 7.74. The molecule has 1 aliphatic heterocycles. The van der Waals surface area contributed by atoms with Crippen molar-refractivity contribution in [3.63, 3.8) is 0 Å². The second kappa shape index (κ2) is 10.7. The smallest absolute Gasteiger partial charge is 0.275 e. The third kappa shape index (κ3) is 7.26. The number of amides is 2. The molecular formula is C18H27ClN3O2S+. The molecule has 0 aliphatic carbocycles. The van der Waals surface area contributed by atoms with Crippen molar-refractivity contribution in [1.82, 2.24) is 10.2 Å². The quantitative estimate of drug-likeness (QED) is 0.521. The highest BCUT2D eigenvalue weighted by molar-refractivity contribution is 8.00. The van der Waals surface area contributed by atoms with Gasteiger partial charge in [0.1, 0.15) is 0 Å². The molecule has 0 atom stereocenters. The number of hydrogen-bond acceptors (Lipinski definition) is 3. The van der Waals surface area contributed by atoms with Gasteiger partial charge in [0.25, 0.3) is 5.91 Å². The summed E-state index contributed by atoms with van der Waals surface area (Å²) in [6.45, 7) is 6.48. The average molecular weight is 385 g/mol. The number of nitrogens with zero attached hydrogens (tertiary/aromatic N) is 1. The number of piperazine rings is 1. The van der Waals surface area contributed by atoms with Crippen LogP contribution >= 0.6 is 23.4 Å². The zero-order valence-electron chi connectivity index (χ0n) is 14.7. The normalized spacial score (nSPS) is 15.2. The highest BCUT2D eigenvalue weighted by Gasteiger charge is 2.24. The fourth-order valence-corrected chi connectivity index (χ4v) is 3.64. The molecule has 2 N–H and O–H groups in total. The van der Waals surface area contributed by atoms with E-state index in [-0.39, 0.29) is 11.8 Å². The molecule has 0 saturated carbocycles. The first kappa shape index (κ1) is 20.1. The van der Waals surface area contributed by atoms with Crippen LogP contribution in [0.2, 0.25) is 5.02 Å². The van der Waals surface area contributed by atoms with E-state index in [1.807, 2.05) is 29.2 Å². The van der Waals surface area contributed by atoms with E-state index in [4.69, 9.17) is 11.6 Å².